The molecule has 0 spiro atoms. The number of aromatic nitrogens is 1. The third kappa shape index (κ3) is 2.35. The Balaban J connectivity index is 2.42. The Kier molecular flexibility index (Phi) is 2.84. The molecule has 4 heteroatoms. The predicted octanol–water partition coefficient (Wildman–Crippen LogP) is 3.98. The van der Waals surface area contributed by atoms with Crippen LogP contribution in [-0.4, -0.2) is 16.3 Å². The summed E-state index contributed by atoms with van der Waals surface area (Å²) in [5.74, 6) is 0. The highest BCUT2D eigenvalue weighted by molar-refractivity contribution is 5.91. The van der Waals surface area contributed by atoms with Gasteiger partial charge in [0.1, 0.15) is 5.60 Å². The minimum absolute atomic E-state index is 0.409. The smallest absolute Gasteiger partial charge is 0.418 e. The summed E-state index contributed by atoms with van der Waals surface area (Å²) in [6.07, 6.45) is 1.25. The lowest BCUT2D eigenvalue weighted by atomic mass is 10.2. The molecule has 0 aliphatic carbocycles. The Morgan fingerprint density at radius 3 is 2.67 bits per heavy atom. The maximum atomic E-state index is 12.0. The van der Waals surface area contributed by atoms with Crippen LogP contribution in [-0.2, 0) is 4.74 Å². The van der Waals surface area contributed by atoms with Crippen LogP contribution in [0.5, 0.6) is 0 Å². The van der Waals surface area contributed by atoms with Crippen LogP contribution in [0.25, 0.3) is 15.7 Å². The minimum Gasteiger partial charge on any atom is -0.443 e. The van der Waals surface area contributed by atoms with Crippen molar-refractivity contribution < 1.29 is 9.53 Å². The standard InChI is InChI=1S/C14H14N2O2/c1-14(2,3)18-13(17)16-8-7-10-9-11(15-4)5-6-12(10)16/h5-9H,1-3H3. The first-order valence-corrected chi connectivity index (χ1v) is 5.63. The van der Waals surface area contributed by atoms with Gasteiger partial charge in [-0.2, -0.15) is 0 Å². The summed E-state index contributed by atoms with van der Waals surface area (Å²) >= 11 is 0. The summed E-state index contributed by atoms with van der Waals surface area (Å²) in [5.41, 5.74) is 0.783. The highest BCUT2D eigenvalue weighted by Crippen LogP contribution is 2.23. The molecule has 0 aliphatic rings. The molecule has 0 fully saturated rings. The summed E-state index contributed by atoms with van der Waals surface area (Å²) in [6, 6.07) is 7.00. The zero-order valence-electron chi connectivity index (χ0n) is 10.6. The lowest BCUT2D eigenvalue weighted by Gasteiger charge is -2.19. The molecule has 0 unspecified atom stereocenters. The molecule has 2 aromatic rings. The molecule has 1 aromatic heterocycles. The summed E-state index contributed by atoms with van der Waals surface area (Å²) in [4.78, 5) is 15.3. The first-order chi connectivity index (χ1) is 8.40. The Hall–Kier alpha value is -2.28. The van der Waals surface area contributed by atoms with Crippen LogP contribution in [0.3, 0.4) is 0 Å². The summed E-state index contributed by atoms with van der Waals surface area (Å²) in [7, 11) is 0. The molecule has 0 N–H and O–H groups in total. The molecule has 2 rings (SSSR count). The van der Waals surface area contributed by atoms with E-state index in [4.69, 9.17) is 11.3 Å². The molecule has 1 aromatic carbocycles. The normalized spacial score (nSPS) is 11.2. The van der Waals surface area contributed by atoms with E-state index < -0.39 is 11.7 Å². The summed E-state index contributed by atoms with van der Waals surface area (Å²) in [6.45, 7) is 12.4. The van der Waals surface area contributed by atoms with Gasteiger partial charge in [0.05, 0.1) is 12.1 Å². The Labute approximate surface area is 106 Å². The molecule has 0 radical (unpaired) electrons. The molecule has 0 saturated carbocycles. The number of ether oxygens (including phenoxy) is 1. The average Bonchev–Trinajstić information content (AvgIpc) is 2.69. The number of hydrogen-bond donors (Lipinski definition) is 0. The number of hydrogen-bond acceptors (Lipinski definition) is 2. The second kappa shape index (κ2) is 4.19. The van der Waals surface area contributed by atoms with E-state index in [0.29, 0.717) is 5.69 Å². The maximum absolute atomic E-state index is 12.0. The van der Waals surface area contributed by atoms with E-state index in [1.54, 1.807) is 30.5 Å². The average molecular weight is 242 g/mol. The van der Waals surface area contributed by atoms with Crippen molar-refractivity contribution in [1.29, 1.82) is 0 Å². The monoisotopic (exact) mass is 242 g/mol. The lowest BCUT2D eigenvalue weighted by molar-refractivity contribution is 0.0544. The van der Waals surface area contributed by atoms with Crippen LogP contribution in [0.2, 0.25) is 0 Å². The number of nitrogens with zero attached hydrogens (tertiary/aromatic N) is 2. The van der Waals surface area contributed by atoms with E-state index in [1.165, 1.54) is 4.57 Å². The predicted molar refractivity (Wildman–Crippen MR) is 69.8 cm³/mol. The van der Waals surface area contributed by atoms with Gasteiger partial charge in [0.25, 0.3) is 0 Å². The van der Waals surface area contributed by atoms with Gasteiger partial charge in [-0.1, -0.05) is 6.07 Å². The number of benzene rings is 1. The van der Waals surface area contributed by atoms with Crippen LogP contribution in [0.1, 0.15) is 20.8 Å². The van der Waals surface area contributed by atoms with Gasteiger partial charge in [-0.25, -0.2) is 9.64 Å². The van der Waals surface area contributed by atoms with E-state index in [9.17, 15) is 4.79 Å². The van der Waals surface area contributed by atoms with Crippen molar-refractivity contribution in [3.63, 3.8) is 0 Å². The fraction of sp³-hybridized carbons (Fsp3) is 0.286. The highest BCUT2D eigenvalue weighted by Gasteiger charge is 2.18. The first kappa shape index (κ1) is 12.2. The van der Waals surface area contributed by atoms with Crippen molar-refractivity contribution in [2.75, 3.05) is 0 Å². The quantitative estimate of drug-likeness (QED) is 0.655. The van der Waals surface area contributed by atoms with Crippen LogP contribution in [0.4, 0.5) is 10.5 Å². The number of fused-ring (bicyclic) bond motifs is 1. The highest BCUT2D eigenvalue weighted by atomic mass is 16.6. The van der Waals surface area contributed by atoms with Crippen molar-refractivity contribution in [3.8, 4) is 0 Å². The van der Waals surface area contributed by atoms with Crippen LogP contribution in [0.15, 0.2) is 30.5 Å². The summed E-state index contributed by atoms with van der Waals surface area (Å²) in [5, 5.41) is 0.856. The number of rotatable bonds is 0. The molecular formula is C14H14N2O2. The Bertz CT molecular complexity index is 642. The molecule has 1 heterocycles. The zero-order chi connectivity index (χ0) is 13.3. The van der Waals surface area contributed by atoms with E-state index in [0.717, 1.165) is 10.9 Å². The van der Waals surface area contributed by atoms with Gasteiger partial charge in [-0.3, -0.25) is 4.57 Å². The third-order valence-corrected chi connectivity index (χ3v) is 2.39. The van der Waals surface area contributed by atoms with Crippen molar-refractivity contribution >= 4 is 22.7 Å². The van der Waals surface area contributed by atoms with Crippen LogP contribution < -0.4 is 0 Å². The molecule has 18 heavy (non-hydrogen) atoms. The largest absolute Gasteiger partial charge is 0.443 e. The SMILES string of the molecule is [C-]#[N+]c1ccc2c(ccn2C(=O)OC(C)(C)C)c1. The van der Waals surface area contributed by atoms with Crippen molar-refractivity contribution in [2.24, 2.45) is 0 Å². The van der Waals surface area contributed by atoms with Crippen LogP contribution in [0, 0.1) is 6.57 Å². The van der Waals surface area contributed by atoms with Gasteiger partial charge >= 0.3 is 6.09 Å². The van der Waals surface area contributed by atoms with Gasteiger partial charge in [0.15, 0.2) is 5.69 Å². The molecule has 0 amide bonds. The molecule has 4 nitrogen and oxygen atoms in total. The second-order valence-electron chi connectivity index (χ2n) is 5.02. The first-order valence-electron chi connectivity index (χ1n) is 5.63. The Morgan fingerprint density at radius 2 is 2.06 bits per heavy atom. The maximum Gasteiger partial charge on any atom is 0.418 e. The van der Waals surface area contributed by atoms with E-state index in [2.05, 4.69) is 4.85 Å². The topological polar surface area (TPSA) is 35.6 Å². The molecule has 0 bridgehead atoms. The van der Waals surface area contributed by atoms with Crippen LogP contribution >= 0.6 is 0 Å². The van der Waals surface area contributed by atoms with Crippen molar-refractivity contribution in [3.05, 3.63) is 41.9 Å². The van der Waals surface area contributed by atoms with E-state index >= 15 is 0 Å². The fourth-order valence-corrected chi connectivity index (χ4v) is 1.67. The molecule has 0 saturated heterocycles. The number of carbonyl (C=O) groups excluding carboxylic acids is 1. The third-order valence-electron chi connectivity index (χ3n) is 2.39. The van der Waals surface area contributed by atoms with Crippen molar-refractivity contribution in [1.82, 2.24) is 4.57 Å². The molecule has 0 atom stereocenters. The van der Waals surface area contributed by atoms with Gasteiger partial charge in [-0.05, 0) is 44.4 Å². The van der Waals surface area contributed by atoms with E-state index in [1.807, 2.05) is 20.8 Å². The molecule has 92 valence electrons. The van der Waals surface area contributed by atoms with Gasteiger partial charge in [0.2, 0.25) is 0 Å². The summed E-state index contributed by atoms with van der Waals surface area (Å²) < 4.78 is 6.76. The fourth-order valence-electron chi connectivity index (χ4n) is 1.67. The Morgan fingerprint density at radius 1 is 1.33 bits per heavy atom. The second-order valence-corrected chi connectivity index (χ2v) is 5.02. The molecular weight excluding hydrogens is 228 g/mol. The number of carbonyl (C=O) groups is 1. The van der Waals surface area contributed by atoms with Gasteiger partial charge in [0, 0.05) is 6.20 Å². The van der Waals surface area contributed by atoms with Gasteiger partial charge < -0.3 is 4.74 Å². The van der Waals surface area contributed by atoms with Gasteiger partial charge in [-0.15, -0.1) is 0 Å². The van der Waals surface area contributed by atoms with Crippen molar-refractivity contribution in [2.45, 2.75) is 26.4 Å². The zero-order valence-corrected chi connectivity index (χ0v) is 10.6. The van der Waals surface area contributed by atoms with E-state index in [-0.39, 0.29) is 0 Å². The lowest BCUT2D eigenvalue weighted by Crippen LogP contribution is -2.26. The minimum atomic E-state index is -0.524. The molecule has 0 aliphatic heterocycles.